The molecule has 1 fully saturated rings. The van der Waals surface area contributed by atoms with Crippen molar-refractivity contribution in [2.45, 2.75) is 44.3 Å². The zero-order chi connectivity index (χ0) is 15.7. The van der Waals surface area contributed by atoms with Crippen LogP contribution in [0, 0.1) is 0 Å². The van der Waals surface area contributed by atoms with E-state index in [1.165, 1.54) is 42.0 Å². The predicted octanol–water partition coefficient (Wildman–Crippen LogP) is 3.74. The van der Waals surface area contributed by atoms with Crippen LogP contribution in [0.25, 0.3) is 0 Å². The van der Waals surface area contributed by atoms with E-state index in [4.69, 9.17) is 0 Å². The van der Waals surface area contributed by atoms with Gasteiger partial charge < -0.3 is 10.6 Å². The fourth-order valence-corrected chi connectivity index (χ4v) is 4.93. The first-order valence-corrected chi connectivity index (χ1v) is 10.8. The summed E-state index contributed by atoms with van der Waals surface area (Å²) in [6.45, 7) is 2.15. The van der Waals surface area contributed by atoms with Gasteiger partial charge in [0, 0.05) is 23.5 Å². The molecule has 3 atom stereocenters. The Morgan fingerprint density at radius 2 is 1.74 bits per heavy atom. The highest BCUT2D eigenvalue weighted by Crippen LogP contribution is 2.20. The molecule has 1 aliphatic rings. The third kappa shape index (κ3) is 5.69. The highest BCUT2D eigenvalue weighted by molar-refractivity contribution is 7.47. The molecule has 2 aromatic rings. The summed E-state index contributed by atoms with van der Waals surface area (Å²) in [6, 6.07) is 16.5. The number of hydrogen-bond donors (Lipinski definition) is 2. The smallest absolute Gasteiger partial charge is 0.0302 e. The van der Waals surface area contributed by atoms with Crippen molar-refractivity contribution in [3.8, 4) is 0 Å². The SMILES string of the molecule is c1ccc(PCCN[C@@H]2CCCC[C@H]2NCc2cccs2)cc1. The second kappa shape index (κ2) is 9.54. The van der Waals surface area contributed by atoms with Crippen LogP contribution in [-0.2, 0) is 6.54 Å². The highest BCUT2D eigenvalue weighted by atomic mass is 32.1. The Labute approximate surface area is 145 Å². The zero-order valence-electron chi connectivity index (χ0n) is 13.6. The molecule has 1 saturated carbocycles. The van der Waals surface area contributed by atoms with Crippen molar-refractivity contribution in [2.75, 3.05) is 12.7 Å². The summed E-state index contributed by atoms with van der Waals surface area (Å²) in [5.41, 5.74) is 0. The first kappa shape index (κ1) is 17.1. The highest BCUT2D eigenvalue weighted by Gasteiger charge is 2.23. The van der Waals surface area contributed by atoms with E-state index in [1.54, 1.807) is 0 Å². The van der Waals surface area contributed by atoms with Crippen LogP contribution < -0.4 is 15.9 Å². The number of thiophene rings is 1. The van der Waals surface area contributed by atoms with Gasteiger partial charge in [-0.05, 0) is 42.3 Å². The monoisotopic (exact) mass is 346 g/mol. The molecule has 2 N–H and O–H groups in total. The molecule has 1 aromatic heterocycles. The van der Waals surface area contributed by atoms with E-state index in [9.17, 15) is 0 Å². The second-order valence-electron chi connectivity index (χ2n) is 6.20. The second-order valence-corrected chi connectivity index (χ2v) is 8.67. The molecule has 4 heteroatoms. The van der Waals surface area contributed by atoms with Gasteiger partial charge in [0.2, 0.25) is 0 Å². The maximum atomic E-state index is 3.82. The number of nitrogens with one attached hydrogen (secondary N) is 2. The Morgan fingerprint density at radius 1 is 0.957 bits per heavy atom. The maximum absolute atomic E-state index is 3.82. The van der Waals surface area contributed by atoms with Gasteiger partial charge >= 0.3 is 0 Å². The van der Waals surface area contributed by atoms with Crippen molar-refractivity contribution in [1.29, 1.82) is 0 Å². The summed E-state index contributed by atoms with van der Waals surface area (Å²) in [5.74, 6) is 0. The summed E-state index contributed by atoms with van der Waals surface area (Å²) >= 11 is 1.85. The van der Waals surface area contributed by atoms with Gasteiger partial charge in [-0.25, -0.2) is 0 Å². The molecule has 0 amide bonds. The first-order valence-electron chi connectivity index (χ1n) is 8.70. The van der Waals surface area contributed by atoms with Crippen molar-refractivity contribution in [2.24, 2.45) is 0 Å². The van der Waals surface area contributed by atoms with E-state index in [0.29, 0.717) is 12.1 Å². The Bertz CT molecular complexity index is 544. The van der Waals surface area contributed by atoms with E-state index >= 15 is 0 Å². The van der Waals surface area contributed by atoms with E-state index in [1.807, 2.05) is 11.3 Å². The lowest BCUT2D eigenvalue weighted by molar-refractivity contribution is 0.287. The minimum Gasteiger partial charge on any atom is -0.312 e. The number of rotatable bonds is 8. The minimum absolute atomic E-state index is 0.630. The molecule has 2 nitrogen and oxygen atoms in total. The van der Waals surface area contributed by atoms with Crippen LogP contribution in [0.1, 0.15) is 30.6 Å². The molecular formula is C19H27N2PS. The molecule has 0 bridgehead atoms. The predicted molar refractivity (Wildman–Crippen MR) is 104 cm³/mol. The van der Waals surface area contributed by atoms with Crippen molar-refractivity contribution < 1.29 is 0 Å². The Hall–Kier alpha value is -0.730. The van der Waals surface area contributed by atoms with Gasteiger partial charge in [0.05, 0.1) is 0 Å². The van der Waals surface area contributed by atoms with Crippen LogP contribution in [0.15, 0.2) is 47.8 Å². The normalized spacial score (nSPS) is 21.9. The molecule has 1 aromatic carbocycles. The average Bonchev–Trinajstić information content (AvgIpc) is 3.12. The molecule has 0 saturated heterocycles. The first-order chi connectivity index (χ1) is 11.4. The summed E-state index contributed by atoms with van der Waals surface area (Å²) in [4.78, 5) is 1.44. The molecule has 0 aliphatic heterocycles. The number of benzene rings is 1. The molecule has 124 valence electrons. The molecule has 3 rings (SSSR count). The fourth-order valence-electron chi connectivity index (χ4n) is 3.28. The van der Waals surface area contributed by atoms with Crippen LogP contribution in [0.4, 0.5) is 0 Å². The lowest BCUT2D eigenvalue weighted by Crippen LogP contribution is -2.50. The quantitative estimate of drug-likeness (QED) is 0.562. The minimum atomic E-state index is 0.630. The van der Waals surface area contributed by atoms with Crippen LogP contribution in [-0.4, -0.2) is 24.8 Å². The van der Waals surface area contributed by atoms with Crippen molar-refractivity contribution >= 4 is 25.2 Å². The van der Waals surface area contributed by atoms with E-state index in [0.717, 1.165) is 21.7 Å². The largest absolute Gasteiger partial charge is 0.312 e. The van der Waals surface area contributed by atoms with Gasteiger partial charge in [-0.2, -0.15) is 0 Å². The van der Waals surface area contributed by atoms with Gasteiger partial charge in [0.1, 0.15) is 0 Å². The van der Waals surface area contributed by atoms with Crippen molar-refractivity contribution in [3.63, 3.8) is 0 Å². The zero-order valence-corrected chi connectivity index (χ0v) is 15.4. The maximum Gasteiger partial charge on any atom is 0.0302 e. The van der Waals surface area contributed by atoms with Gasteiger partial charge in [-0.1, -0.05) is 57.8 Å². The lowest BCUT2D eigenvalue weighted by atomic mass is 9.90. The summed E-state index contributed by atoms with van der Waals surface area (Å²) < 4.78 is 0. The molecule has 23 heavy (non-hydrogen) atoms. The average molecular weight is 346 g/mol. The Balaban J connectivity index is 1.39. The Morgan fingerprint density at radius 3 is 2.48 bits per heavy atom. The molecule has 1 heterocycles. The fraction of sp³-hybridized carbons (Fsp3) is 0.474. The summed E-state index contributed by atoms with van der Waals surface area (Å²) in [5, 5.41) is 11.2. The third-order valence-electron chi connectivity index (χ3n) is 4.52. The van der Waals surface area contributed by atoms with Crippen LogP contribution >= 0.6 is 19.9 Å². The van der Waals surface area contributed by atoms with Gasteiger partial charge in [0.15, 0.2) is 0 Å². The van der Waals surface area contributed by atoms with Crippen LogP contribution in [0.5, 0.6) is 0 Å². The topological polar surface area (TPSA) is 24.1 Å². The van der Waals surface area contributed by atoms with Crippen molar-refractivity contribution in [1.82, 2.24) is 10.6 Å². The van der Waals surface area contributed by atoms with E-state index in [-0.39, 0.29) is 0 Å². The summed E-state index contributed by atoms with van der Waals surface area (Å²) in [7, 11) is 0.919. The standard InChI is InChI=1S/C19H27N2PS/c1-2-7-16(8-3-1)22-13-12-20-18-10-4-5-11-19(18)21-15-17-9-6-14-23-17/h1-3,6-9,14,18-22H,4-5,10-13,15H2/t18-,19-/m1/s1. The van der Waals surface area contributed by atoms with Gasteiger partial charge in [0.25, 0.3) is 0 Å². The van der Waals surface area contributed by atoms with E-state index in [2.05, 4.69) is 58.5 Å². The molecule has 1 unspecified atom stereocenters. The molecule has 0 radical (unpaired) electrons. The molecule has 1 aliphatic carbocycles. The van der Waals surface area contributed by atoms with E-state index < -0.39 is 0 Å². The Kier molecular flexibility index (Phi) is 7.09. The molecular weight excluding hydrogens is 319 g/mol. The van der Waals surface area contributed by atoms with Gasteiger partial charge in [-0.15, -0.1) is 11.3 Å². The number of hydrogen-bond acceptors (Lipinski definition) is 3. The third-order valence-corrected chi connectivity index (χ3v) is 6.64. The van der Waals surface area contributed by atoms with Gasteiger partial charge in [-0.3, -0.25) is 0 Å². The van der Waals surface area contributed by atoms with Crippen LogP contribution in [0.3, 0.4) is 0 Å². The summed E-state index contributed by atoms with van der Waals surface area (Å²) in [6.07, 6.45) is 6.61. The molecule has 0 spiro atoms. The van der Waals surface area contributed by atoms with Crippen LogP contribution in [0.2, 0.25) is 0 Å². The lowest BCUT2D eigenvalue weighted by Gasteiger charge is -2.33. The van der Waals surface area contributed by atoms with Crippen molar-refractivity contribution in [3.05, 3.63) is 52.7 Å².